The number of alkyl halides is 3. The Morgan fingerprint density at radius 3 is 2.45 bits per heavy atom. The molecule has 0 saturated carbocycles. The predicted octanol–water partition coefficient (Wildman–Crippen LogP) is 2.46. The van der Waals surface area contributed by atoms with Crippen LogP contribution in [-0.4, -0.2) is 10.9 Å². The fourth-order valence-corrected chi connectivity index (χ4v) is 1.49. The van der Waals surface area contributed by atoms with Crippen molar-refractivity contribution in [3.05, 3.63) is 41.8 Å². The Bertz CT molecular complexity index is 605. The first-order chi connectivity index (χ1) is 9.34. The maximum absolute atomic E-state index is 12.3. The monoisotopic (exact) mass is 285 g/mol. The number of nitrogens with one attached hydrogen (secondary N) is 1. The molecule has 0 unspecified atom stereocenters. The van der Waals surface area contributed by atoms with E-state index in [2.05, 4.69) is 14.7 Å². The van der Waals surface area contributed by atoms with Gasteiger partial charge in [0, 0.05) is 5.69 Å². The number of carbonyl (C=O) groups is 1. The molecular weight excluding hydrogens is 275 g/mol. The normalized spacial score (nSPS) is 11.3. The maximum atomic E-state index is 12.3. The average molecular weight is 285 g/mol. The number of hydrogen-bond acceptors (Lipinski definition) is 4. The molecule has 106 valence electrons. The van der Waals surface area contributed by atoms with Crippen molar-refractivity contribution in [2.24, 2.45) is 5.73 Å². The maximum Gasteiger partial charge on any atom is 0.436 e. The molecule has 20 heavy (non-hydrogen) atoms. The molecule has 0 bridgehead atoms. The Kier molecular flexibility index (Phi) is 3.64. The van der Waals surface area contributed by atoms with Gasteiger partial charge < -0.3 is 15.5 Å². The molecule has 0 fully saturated rings. The largest absolute Gasteiger partial charge is 0.436 e. The van der Waals surface area contributed by atoms with Crippen LogP contribution in [0.1, 0.15) is 11.3 Å². The number of nitrogens with two attached hydrogens (primary N) is 1. The third-order valence-electron chi connectivity index (χ3n) is 2.38. The number of nitrogens with zero attached hydrogens (tertiary/aromatic N) is 1. The highest BCUT2D eigenvalue weighted by molar-refractivity contribution is 5.76. The Hall–Kier alpha value is -2.51. The number of halogens is 3. The first-order valence-electron chi connectivity index (χ1n) is 5.51. The van der Waals surface area contributed by atoms with Gasteiger partial charge in [0.25, 0.3) is 6.01 Å². The number of carbonyl (C=O) groups excluding carboxylic acids is 1. The van der Waals surface area contributed by atoms with Crippen LogP contribution in [0.3, 0.4) is 0 Å². The van der Waals surface area contributed by atoms with Gasteiger partial charge >= 0.3 is 6.18 Å². The molecule has 2 rings (SSSR count). The molecule has 1 aromatic carbocycles. The number of benzene rings is 1. The molecule has 1 aromatic heterocycles. The highest BCUT2D eigenvalue weighted by atomic mass is 19.4. The summed E-state index contributed by atoms with van der Waals surface area (Å²) in [6, 6.07) is 6.15. The van der Waals surface area contributed by atoms with Gasteiger partial charge in [0.05, 0.1) is 6.42 Å². The van der Waals surface area contributed by atoms with Crippen LogP contribution >= 0.6 is 0 Å². The summed E-state index contributed by atoms with van der Waals surface area (Å²) < 4.78 is 41.6. The van der Waals surface area contributed by atoms with E-state index in [4.69, 9.17) is 5.73 Å². The molecule has 3 N–H and O–H groups in total. The lowest BCUT2D eigenvalue weighted by Crippen LogP contribution is -2.13. The van der Waals surface area contributed by atoms with Crippen molar-refractivity contribution in [2.75, 3.05) is 5.32 Å². The lowest BCUT2D eigenvalue weighted by Gasteiger charge is -2.03. The van der Waals surface area contributed by atoms with Crippen molar-refractivity contribution in [2.45, 2.75) is 12.6 Å². The van der Waals surface area contributed by atoms with Crippen molar-refractivity contribution >= 4 is 17.6 Å². The fourth-order valence-electron chi connectivity index (χ4n) is 1.49. The minimum atomic E-state index is -4.55. The summed E-state index contributed by atoms with van der Waals surface area (Å²) >= 11 is 0. The minimum Gasteiger partial charge on any atom is -0.431 e. The second-order valence-electron chi connectivity index (χ2n) is 4.00. The summed E-state index contributed by atoms with van der Waals surface area (Å²) in [6.07, 6.45) is -3.92. The van der Waals surface area contributed by atoms with E-state index >= 15 is 0 Å². The third kappa shape index (κ3) is 3.50. The number of rotatable bonds is 4. The van der Waals surface area contributed by atoms with Crippen LogP contribution in [0.4, 0.5) is 24.9 Å². The zero-order chi connectivity index (χ0) is 14.8. The molecule has 0 aliphatic heterocycles. The fraction of sp³-hybridized carbons (Fsp3) is 0.167. The summed E-state index contributed by atoms with van der Waals surface area (Å²) in [5, 5.41) is 2.58. The van der Waals surface area contributed by atoms with Gasteiger partial charge in [-0.25, -0.2) is 0 Å². The summed E-state index contributed by atoms with van der Waals surface area (Å²) in [7, 11) is 0. The van der Waals surface area contributed by atoms with E-state index in [1.165, 1.54) is 0 Å². The Morgan fingerprint density at radius 1 is 1.30 bits per heavy atom. The molecule has 1 heterocycles. The summed E-state index contributed by atoms with van der Waals surface area (Å²) in [5.74, 6) is -0.465. The van der Waals surface area contributed by atoms with Crippen molar-refractivity contribution in [3.8, 4) is 0 Å². The van der Waals surface area contributed by atoms with Crippen LogP contribution in [0, 0.1) is 0 Å². The van der Waals surface area contributed by atoms with E-state index in [0.717, 1.165) is 0 Å². The second kappa shape index (κ2) is 5.24. The SMILES string of the molecule is NC(=O)Cc1ccc(Nc2nc(C(F)(F)F)co2)cc1. The molecular formula is C12H10F3N3O2. The van der Waals surface area contributed by atoms with Gasteiger partial charge in [-0.05, 0) is 17.7 Å². The Morgan fingerprint density at radius 2 is 1.95 bits per heavy atom. The highest BCUT2D eigenvalue weighted by Crippen LogP contribution is 2.30. The lowest BCUT2D eigenvalue weighted by molar-refractivity contribution is -0.141. The van der Waals surface area contributed by atoms with E-state index in [1.807, 2.05) is 0 Å². The first-order valence-corrected chi connectivity index (χ1v) is 5.51. The number of primary amides is 1. The standard InChI is InChI=1S/C12H10F3N3O2/c13-12(14,15)9-6-20-11(18-9)17-8-3-1-7(2-4-8)5-10(16)19/h1-4,6H,5H2,(H2,16,19)(H,17,18). The molecule has 1 amide bonds. The van der Waals surface area contributed by atoms with Gasteiger partial charge in [0.1, 0.15) is 6.26 Å². The molecule has 0 atom stereocenters. The molecule has 0 aliphatic carbocycles. The van der Waals surface area contributed by atoms with Gasteiger partial charge in [0.2, 0.25) is 5.91 Å². The van der Waals surface area contributed by atoms with Gasteiger partial charge in [-0.3, -0.25) is 4.79 Å². The third-order valence-corrected chi connectivity index (χ3v) is 2.38. The Balaban J connectivity index is 2.06. The minimum absolute atomic E-state index is 0.0947. The molecule has 5 nitrogen and oxygen atoms in total. The van der Waals surface area contributed by atoms with E-state index in [9.17, 15) is 18.0 Å². The molecule has 0 saturated heterocycles. The molecule has 2 aromatic rings. The first kappa shape index (κ1) is 13.9. The topological polar surface area (TPSA) is 81.2 Å². The predicted molar refractivity (Wildman–Crippen MR) is 64.1 cm³/mol. The van der Waals surface area contributed by atoms with Crippen LogP contribution < -0.4 is 11.1 Å². The van der Waals surface area contributed by atoms with E-state index in [1.54, 1.807) is 24.3 Å². The van der Waals surface area contributed by atoms with E-state index in [-0.39, 0.29) is 12.4 Å². The van der Waals surface area contributed by atoms with Gasteiger partial charge in [-0.15, -0.1) is 0 Å². The average Bonchev–Trinajstić information content (AvgIpc) is 2.79. The molecule has 8 heteroatoms. The zero-order valence-corrected chi connectivity index (χ0v) is 10.1. The van der Waals surface area contributed by atoms with Crippen molar-refractivity contribution in [3.63, 3.8) is 0 Å². The quantitative estimate of drug-likeness (QED) is 0.904. The van der Waals surface area contributed by atoms with E-state index < -0.39 is 17.8 Å². The summed E-state index contributed by atoms with van der Waals surface area (Å²) in [4.78, 5) is 14.0. The van der Waals surface area contributed by atoms with Crippen molar-refractivity contribution in [1.82, 2.24) is 4.98 Å². The number of hydrogen-bond donors (Lipinski definition) is 2. The molecule has 0 radical (unpaired) electrons. The smallest absolute Gasteiger partial charge is 0.431 e. The molecule has 0 aliphatic rings. The van der Waals surface area contributed by atoms with Gasteiger partial charge in [-0.2, -0.15) is 18.2 Å². The van der Waals surface area contributed by atoms with Crippen molar-refractivity contribution < 1.29 is 22.4 Å². The van der Waals surface area contributed by atoms with Crippen LogP contribution in [-0.2, 0) is 17.4 Å². The summed E-state index contributed by atoms with van der Waals surface area (Å²) in [5.41, 5.74) is 5.12. The number of amides is 1. The Labute approximate surface area is 111 Å². The number of anilines is 2. The van der Waals surface area contributed by atoms with Crippen LogP contribution in [0.15, 0.2) is 34.9 Å². The van der Waals surface area contributed by atoms with Crippen LogP contribution in [0.5, 0.6) is 0 Å². The van der Waals surface area contributed by atoms with Gasteiger partial charge in [-0.1, -0.05) is 12.1 Å². The van der Waals surface area contributed by atoms with Crippen LogP contribution in [0.25, 0.3) is 0 Å². The van der Waals surface area contributed by atoms with E-state index in [0.29, 0.717) is 17.5 Å². The number of aromatic nitrogens is 1. The molecule has 0 spiro atoms. The van der Waals surface area contributed by atoms with Crippen molar-refractivity contribution in [1.29, 1.82) is 0 Å². The van der Waals surface area contributed by atoms with Crippen LogP contribution in [0.2, 0.25) is 0 Å². The lowest BCUT2D eigenvalue weighted by atomic mass is 10.1. The van der Waals surface area contributed by atoms with Gasteiger partial charge in [0.15, 0.2) is 5.69 Å². The highest BCUT2D eigenvalue weighted by Gasteiger charge is 2.34. The zero-order valence-electron chi connectivity index (χ0n) is 10.1. The summed E-state index contributed by atoms with van der Waals surface area (Å²) in [6.45, 7) is 0. The number of oxazole rings is 1. The second-order valence-corrected chi connectivity index (χ2v) is 4.00.